The van der Waals surface area contributed by atoms with Gasteiger partial charge in [-0.3, -0.25) is 9.59 Å². The van der Waals surface area contributed by atoms with E-state index >= 15 is 0 Å². The van der Waals surface area contributed by atoms with Crippen molar-refractivity contribution < 1.29 is 9.59 Å². The summed E-state index contributed by atoms with van der Waals surface area (Å²) in [6.45, 7) is 0.441. The number of nitrogens with one attached hydrogen (secondary N) is 1. The first-order valence-electron chi connectivity index (χ1n) is 12.0. The molecule has 1 heterocycles. The molecule has 1 amide bonds. The van der Waals surface area contributed by atoms with E-state index in [1.54, 1.807) is 0 Å². The predicted octanol–water partition coefficient (Wildman–Crippen LogP) is 5.01. The second kappa shape index (κ2) is 8.03. The van der Waals surface area contributed by atoms with Crippen molar-refractivity contribution in [2.45, 2.75) is 51.1 Å². The van der Waals surface area contributed by atoms with Crippen LogP contribution in [-0.2, 0) is 11.3 Å². The number of fused-ring (bicyclic) bond motifs is 1. The Morgan fingerprint density at radius 1 is 1.00 bits per heavy atom. The predicted molar refractivity (Wildman–Crippen MR) is 130 cm³/mol. The van der Waals surface area contributed by atoms with E-state index in [1.165, 1.54) is 30.6 Å². The zero-order chi connectivity index (χ0) is 22.6. The number of carbonyl (C=O) groups excluding carboxylic acids is 2. The third-order valence-corrected chi connectivity index (χ3v) is 9.16. The molecule has 0 aliphatic heterocycles. The van der Waals surface area contributed by atoms with Crippen LogP contribution in [0.15, 0.2) is 48.5 Å². The summed E-state index contributed by atoms with van der Waals surface area (Å²) in [5.74, 6) is 1.93. The first-order chi connectivity index (χ1) is 16.0. The van der Waals surface area contributed by atoms with E-state index in [4.69, 9.17) is 5.73 Å². The minimum Gasteiger partial charge on any atom is -0.341 e. The molecule has 3 aromatic rings. The number of hydrogen-bond acceptors (Lipinski definition) is 5. The van der Waals surface area contributed by atoms with Crippen LogP contribution in [0, 0.1) is 23.2 Å². The fourth-order valence-electron chi connectivity index (χ4n) is 6.92. The highest BCUT2D eigenvalue weighted by Gasteiger charge is 2.55. The number of ketones is 1. The Balaban J connectivity index is 1.33. The van der Waals surface area contributed by atoms with Gasteiger partial charge in [0.05, 0.1) is 10.2 Å². The van der Waals surface area contributed by atoms with Crippen LogP contribution in [0.1, 0.15) is 65.5 Å². The fourth-order valence-corrected chi connectivity index (χ4v) is 7.86. The molecule has 6 heteroatoms. The molecular weight excluding hydrogens is 430 g/mol. The van der Waals surface area contributed by atoms with Gasteiger partial charge in [0.2, 0.25) is 11.7 Å². The van der Waals surface area contributed by atoms with Crippen LogP contribution < -0.4 is 11.1 Å². The molecule has 1 aromatic heterocycles. The molecule has 2 aromatic carbocycles. The molecule has 33 heavy (non-hydrogen) atoms. The lowest BCUT2D eigenvalue weighted by molar-refractivity contribution is -0.146. The van der Waals surface area contributed by atoms with Crippen LogP contribution in [0.25, 0.3) is 10.2 Å². The average molecular weight is 460 g/mol. The Kier molecular flexibility index (Phi) is 5.11. The molecule has 0 spiro atoms. The summed E-state index contributed by atoms with van der Waals surface area (Å²) in [7, 11) is 0. The van der Waals surface area contributed by atoms with E-state index in [0.29, 0.717) is 29.3 Å². The maximum absolute atomic E-state index is 13.8. The van der Waals surface area contributed by atoms with Gasteiger partial charge in [-0.15, -0.1) is 11.3 Å². The van der Waals surface area contributed by atoms with E-state index in [0.717, 1.165) is 40.6 Å². The van der Waals surface area contributed by atoms with Crippen molar-refractivity contribution in [3.63, 3.8) is 0 Å². The molecule has 4 aliphatic carbocycles. The van der Waals surface area contributed by atoms with Gasteiger partial charge in [-0.05, 0) is 79.5 Å². The fraction of sp³-hybridized carbons (Fsp3) is 0.444. The number of para-hydroxylation sites is 1. The molecule has 0 radical (unpaired) electrons. The van der Waals surface area contributed by atoms with Gasteiger partial charge in [-0.25, -0.2) is 4.98 Å². The highest BCUT2D eigenvalue weighted by atomic mass is 32.1. The van der Waals surface area contributed by atoms with Crippen molar-refractivity contribution in [3.05, 3.63) is 64.7 Å². The van der Waals surface area contributed by atoms with Gasteiger partial charge in [-0.2, -0.15) is 0 Å². The number of Topliss-reactive ketones (excluding diaryl/α,β-unsaturated/α-hetero) is 1. The first kappa shape index (κ1) is 21.0. The van der Waals surface area contributed by atoms with Gasteiger partial charge < -0.3 is 11.1 Å². The average Bonchev–Trinajstić information content (AvgIpc) is 3.26. The molecule has 4 saturated carbocycles. The number of thiazole rings is 1. The van der Waals surface area contributed by atoms with Gasteiger partial charge in [-0.1, -0.05) is 36.4 Å². The third-order valence-electron chi connectivity index (χ3n) is 8.11. The largest absolute Gasteiger partial charge is 0.341 e. The lowest BCUT2D eigenvalue weighted by Crippen LogP contribution is -2.54. The van der Waals surface area contributed by atoms with Crippen molar-refractivity contribution in [2.75, 3.05) is 0 Å². The number of rotatable bonds is 6. The minimum absolute atomic E-state index is 0.0592. The highest BCUT2D eigenvalue weighted by Crippen LogP contribution is 2.60. The molecule has 1 atom stereocenters. The van der Waals surface area contributed by atoms with E-state index in [-0.39, 0.29) is 17.1 Å². The van der Waals surface area contributed by atoms with Crippen molar-refractivity contribution in [2.24, 2.45) is 28.9 Å². The topological polar surface area (TPSA) is 85.1 Å². The Bertz CT molecular complexity index is 1150. The normalized spacial score (nSPS) is 28.7. The van der Waals surface area contributed by atoms with Gasteiger partial charge in [0.1, 0.15) is 6.04 Å². The summed E-state index contributed by atoms with van der Waals surface area (Å²) in [6, 6.07) is 14.7. The van der Waals surface area contributed by atoms with Crippen molar-refractivity contribution >= 4 is 33.2 Å². The molecule has 170 valence electrons. The number of aromatic nitrogens is 1. The number of nitrogens with two attached hydrogens (primary N) is 1. The lowest BCUT2D eigenvalue weighted by atomic mass is 9.49. The smallest absolute Gasteiger partial charge is 0.227 e. The Morgan fingerprint density at radius 3 is 2.24 bits per heavy atom. The minimum atomic E-state index is -0.738. The third kappa shape index (κ3) is 3.69. The van der Waals surface area contributed by atoms with Gasteiger partial charge >= 0.3 is 0 Å². The zero-order valence-electron chi connectivity index (χ0n) is 18.6. The summed E-state index contributed by atoms with van der Waals surface area (Å²) < 4.78 is 0.977. The number of carbonyl (C=O) groups is 2. The maximum Gasteiger partial charge on any atom is 0.227 e. The Morgan fingerprint density at radius 2 is 1.64 bits per heavy atom. The van der Waals surface area contributed by atoms with Crippen molar-refractivity contribution in [3.8, 4) is 0 Å². The zero-order valence-corrected chi connectivity index (χ0v) is 19.4. The summed E-state index contributed by atoms with van der Waals surface area (Å²) in [5.41, 5.74) is 8.07. The summed E-state index contributed by atoms with van der Waals surface area (Å²) in [4.78, 5) is 32.1. The van der Waals surface area contributed by atoms with Gasteiger partial charge in [0.15, 0.2) is 5.01 Å². The molecule has 7 rings (SSSR count). The second-order valence-corrected chi connectivity index (χ2v) is 11.4. The lowest BCUT2D eigenvalue weighted by Gasteiger charge is -2.55. The number of amides is 1. The van der Waals surface area contributed by atoms with Gasteiger partial charge in [0, 0.05) is 12.0 Å². The molecule has 4 bridgehead atoms. The number of hydrogen-bond donors (Lipinski definition) is 2. The molecule has 5 nitrogen and oxygen atoms in total. The molecule has 3 N–H and O–H groups in total. The van der Waals surface area contributed by atoms with E-state index in [9.17, 15) is 9.59 Å². The Labute approximate surface area is 197 Å². The summed E-state index contributed by atoms with van der Waals surface area (Å²) in [6.07, 6.45) is 6.75. The SMILES string of the molecule is NCc1ccc(C(NC(=O)C23CC4CC(CC(C4)C2)C3)C(=O)c2nc3ccccc3s2)cc1. The molecule has 1 unspecified atom stereocenters. The molecular formula is C27H29N3O2S. The quantitative estimate of drug-likeness (QED) is 0.507. The maximum atomic E-state index is 13.8. The van der Waals surface area contributed by atoms with Crippen LogP contribution in [0.2, 0.25) is 0 Å². The van der Waals surface area contributed by atoms with Gasteiger partial charge in [0.25, 0.3) is 0 Å². The number of benzene rings is 2. The van der Waals surface area contributed by atoms with Crippen LogP contribution in [-0.4, -0.2) is 16.7 Å². The van der Waals surface area contributed by atoms with E-state index in [1.807, 2.05) is 48.5 Å². The monoisotopic (exact) mass is 459 g/mol. The first-order valence-corrected chi connectivity index (χ1v) is 12.8. The van der Waals surface area contributed by atoms with E-state index < -0.39 is 6.04 Å². The van der Waals surface area contributed by atoms with Crippen LogP contribution >= 0.6 is 11.3 Å². The second-order valence-electron chi connectivity index (χ2n) is 10.4. The molecule has 0 saturated heterocycles. The van der Waals surface area contributed by atoms with Crippen LogP contribution in [0.5, 0.6) is 0 Å². The molecule has 4 fully saturated rings. The van der Waals surface area contributed by atoms with E-state index in [2.05, 4.69) is 10.3 Å². The standard InChI is InChI=1S/C27H29N3O2S/c28-15-16-5-7-20(8-6-16)23(24(31)25-29-21-3-1-2-4-22(21)33-25)30-26(32)27-12-17-9-18(13-27)11-19(10-17)14-27/h1-8,17-19,23H,9-15,28H2,(H,30,32). The van der Waals surface area contributed by atoms with Crippen LogP contribution in [0.4, 0.5) is 0 Å². The summed E-state index contributed by atoms with van der Waals surface area (Å²) in [5, 5.41) is 3.66. The van der Waals surface area contributed by atoms with Crippen LogP contribution in [0.3, 0.4) is 0 Å². The number of nitrogens with zero attached hydrogens (tertiary/aromatic N) is 1. The van der Waals surface area contributed by atoms with Crippen molar-refractivity contribution in [1.82, 2.24) is 10.3 Å². The summed E-state index contributed by atoms with van der Waals surface area (Å²) >= 11 is 1.39. The Hall–Kier alpha value is -2.57. The van der Waals surface area contributed by atoms with Crippen molar-refractivity contribution in [1.29, 1.82) is 0 Å². The molecule has 4 aliphatic rings. The highest BCUT2D eigenvalue weighted by molar-refractivity contribution is 7.20.